The summed E-state index contributed by atoms with van der Waals surface area (Å²) in [5, 5.41) is 7.93. The Hall–Kier alpha value is -4.47. The predicted molar refractivity (Wildman–Crippen MR) is 181 cm³/mol. The van der Waals surface area contributed by atoms with Gasteiger partial charge in [0.25, 0.3) is 0 Å². The van der Waals surface area contributed by atoms with Crippen LogP contribution in [0.15, 0.2) is 109 Å². The summed E-state index contributed by atoms with van der Waals surface area (Å²) in [6.45, 7) is 9.26. The van der Waals surface area contributed by atoms with E-state index in [1.54, 1.807) is 0 Å². The maximum absolute atomic E-state index is 2.46. The van der Waals surface area contributed by atoms with Gasteiger partial charge in [-0.15, -0.1) is 11.3 Å². The molecular weight excluding hydrogens is 529 g/mol. The number of nitrogens with zero attached hydrogens (tertiary/aromatic N) is 2. The third-order valence-electron chi connectivity index (χ3n) is 8.96. The monoisotopic (exact) mass is 561 g/mol. The van der Waals surface area contributed by atoms with Crippen LogP contribution in [0, 0.1) is 6.92 Å². The standard InChI is InChI=1S/C39H33N2S/c1-24-26-12-6-7-13-27(26)32(39(2,3)4)23-31(24)38-37-30-19-18-25(22-36(30)42-35(37)20-21-40(38)5)41-33-16-10-8-14-28(33)29-15-9-11-17-34(29)41/h6-23H,1-5H3/q+1. The van der Waals surface area contributed by atoms with Crippen LogP contribution >= 0.6 is 11.3 Å². The number of fused-ring (bicyclic) bond motifs is 7. The molecule has 0 aliphatic heterocycles. The molecule has 3 aromatic heterocycles. The Labute approximate surface area is 250 Å². The second-order valence-corrected chi connectivity index (χ2v) is 13.6. The van der Waals surface area contributed by atoms with Crippen molar-refractivity contribution in [1.82, 2.24) is 4.57 Å². The van der Waals surface area contributed by atoms with Gasteiger partial charge in [0.15, 0.2) is 6.20 Å². The molecule has 0 bridgehead atoms. The van der Waals surface area contributed by atoms with Crippen LogP contribution in [0.1, 0.15) is 31.9 Å². The average molecular weight is 562 g/mol. The molecule has 0 N–H and O–H groups in total. The topological polar surface area (TPSA) is 8.81 Å². The lowest BCUT2D eigenvalue weighted by Crippen LogP contribution is -2.30. The minimum absolute atomic E-state index is 0.0302. The quantitative estimate of drug-likeness (QED) is 0.186. The van der Waals surface area contributed by atoms with E-state index < -0.39 is 0 Å². The highest BCUT2D eigenvalue weighted by Crippen LogP contribution is 2.43. The SMILES string of the molecule is Cc1c(-c2c3c(cc[n+]2C)sc2cc(-n4c5ccccc5c5ccccc54)ccc23)cc(C(C)(C)C)c2ccccc12. The first-order chi connectivity index (χ1) is 20.3. The molecule has 0 aliphatic rings. The third-order valence-corrected chi connectivity index (χ3v) is 10.1. The van der Waals surface area contributed by atoms with Crippen molar-refractivity contribution in [1.29, 1.82) is 0 Å². The van der Waals surface area contributed by atoms with E-state index in [0.717, 1.165) is 0 Å². The van der Waals surface area contributed by atoms with Gasteiger partial charge in [-0.25, -0.2) is 4.57 Å². The van der Waals surface area contributed by atoms with Crippen LogP contribution in [0.5, 0.6) is 0 Å². The lowest BCUT2D eigenvalue weighted by molar-refractivity contribution is -0.659. The molecule has 0 unspecified atom stereocenters. The maximum Gasteiger partial charge on any atom is 0.221 e. The molecule has 0 spiro atoms. The van der Waals surface area contributed by atoms with Gasteiger partial charge < -0.3 is 4.57 Å². The van der Waals surface area contributed by atoms with Gasteiger partial charge in [-0.1, -0.05) is 87.5 Å². The molecular formula is C39H33N2S+. The molecule has 8 aromatic rings. The molecule has 0 saturated carbocycles. The van der Waals surface area contributed by atoms with E-state index in [-0.39, 0.29) is 5.41 Å². The Morgan fingerprint density at radius 2 is 1.26 bits per heavy atom. The van der Waals surface area contributed by atoms with E-state index in [9.17, 15) is 0 Å². The number of benzene rings is 5. The van der Waals surface area contributed by atoms with E-state index >= 15 is 0 Å². The molecule has 8 rings (SSSR count). The van der Waals surface area contributed by atoms with Crippen LogP contribution in [0.4, 0.5) is 0 Å². The minimum atomic E-state index is 0.0302. The maximum atomic E-state index is 2.46. The van der Waals surface area contributed by atoms with Crippen molar-refractivity contribution in [3.8, 4) is 16.9 Å². The van der Waals surface area contributed by atoms with E-state index in [2.05, 4.69) is 153 Å². The van der Waals surface area contributed by atoms with Crippen molar-refractivity contribution < 1.29 is 4.57 Å². The summed E-state index contributed by atoms with van der Waals surface area (Å²) in [5.74, 6) is 0. The molecule has 2 nitrogen and oxygen atoms in total. The molecule has 0 amide bonds. The molecule has 0 fully saturated rings. The highest BCUT2D eigenvalue weighted by molar-refractivity contribution is 7.25. The van der Waals surface area contributed by atoms with Gasteiger partial charge in [-0.05, 0) is 64.6 Å². The van der Waals surface area contributed by atoms with E-state index in [1.807, 2.05) is 11.3 Å². The summed E-state index contributed by atoms with van der Waals surface area (Å²) in [7, 11) is 2.19. The summed E-state index contributed by atoms with van der Waals surface area (Å²) in [4.78, 5) is 0. The average Bonchev–Trinajstić information content (AvgIpc) is 3.52. The summed E-state index contributed by atoms with van der Waals surface area (Å²) in [5.41, 5.74) is 9.05. The second kappa shape index (κ2) is 9.01. The van der Waals surface area contributed by atoms with Gasteiger partial charge in [0, 0.05) is 37.3 Å². The number of hydrogen-bond donors (Lipinski definition) is 0. The summed E-state index contributed by atoms with van der Waals surface area (Å²) in [6, 6.07) is 38.2. The number of aromatic nitrogens is 2. The number of rotatable bonds is 2. The van der Waals surface area contributed by atoms with Crippen molar-refractivity contribution in [2.75, 3.05) is 0 Å². The molecule has 0 aliphatic carbocycles. The first kappa shape index (κ1) is 25.3. The fourth-order valence-corrected chi connectivity index (χ4v) is 8.08. The predicted octanol–water partition coefficient (Wildman–Crippen LogP) is 10.4. The lowest BCUT2D eigenvalue weighted by atomic mass is 9.80. The zero-order chi connectivity index (χ0) is 28.7. The Morgan fingerprint density at radius 1 is 0.643 bits per heavy atom. The number of thiophene rings is 1. The molecule has 42 heavy (non-hydrogen) atoms. The molecule has 204 valence electrons. The van der Waals surface area contributed by atoms with Crippen LogP contribution < -0.4 is 4.57 Å². The first-order valence-electron chi connectivity index (χ1n) is 14.7. The van der Waals surface area contributed by atoms with Crippen LogP contribution in [0.3, 0.4) is 0 Å². The smallest absolute Gasteiger partial charge is 0.221 e. The van der Waals surface area contributed by atoms with Crippen molar-refractivity contribution in [3.05, 3.63) is 120 Å². The van der Waals surface area contributed by atoms with Crippen molar-refractivity contribution >= 4 is 64.1 Å². The summed E-state index contributed by atoms with van der Waals surface area (Å²) >= 11 is 1.89. The molecule has 0 saturated heterocycles. The van der Waals surface area contributed by atoms with Crippen LogP contribution in [-0.2, 0) is 12.5 Å². The van der Waals surface area contributed by atoms with E-state index in [4.69, 9.17) is 0 Å². The van der Waals surface area contributed by atoms with Crippen LogP contribution in [0.25, 0.3) is 69.7 Å². The van der Waals surface area contributed by atoms with Crippen molar-refractivity contribution in [2.45, 2.75) is 33.1 Å². The zero-order valence-electron chi connectivity index (χ0n) is 24.7. The summed E-state index contributed by atoms with van der Waals surface area (Å²) < 4.78 is 7.37. The number of para-hydroxylation sites is 2. The molecule has 3 heteroatoms. The van der Waals surface area contributed by atoms with Crippen molar-refractivity contribution in [3.63, 3.8) is 0 Å². The third kappa shape index (κ3) is 3.60. The van der Waals surface area contributed by atoms with Gasteiger partial charge in [-0.3, -0.25) is 0 Å². The molecule has 0 radical (unpaired) electrons. The Morgan fingerprint density at radius 3 is 1.93 bits per heavy atom. The van der Waals surface area contributed by atoms with Crippen LogP contribution in [0.2, 0.25) is 0 Å². The number of pyridine rings is 1. The van der Waals surface area contributed by atoms with Gasteiger partial charge in [-0.2, -0.15) is 0 Å². The Balaban J connectivity index is 1.42. The molecule has 0 atom stereocenters. The fourth-order valence-electron chi connectivity index (χ4n) is 6.95. The normalized spacial score (nSPS) is 12.4. The summed E-state index contributed by atoms with van der Waals surface area (Å²) in [6.07, 6.45) is 2.23. The Bertz CT molecular complexity index is 2310. The second-order valence-electron chi connectivity index (χ2n) is 12.6. The van der Waals surface area contributed by atoms with Gasteiger partial charge in [0.05, 0.1) is 22.0 Å². The number of aryl methyl sites for hydroxylation is 2. The lowest BCUT2D eigenvalue weighted by Gasteiger charge is -2.24. The minimum Gasteiger partial charge on any atom is -0.309 e. The highest BCUT2D eigenvalue weighted by atomic mass is 32.1. The Kier molecular flexibility index (Phi) is 5.42. The van der Waals surface area contributed by atoms with Gasteiger partial charge in [0.1, 0.15) is 7.05 Å². The van der Waals surface area contributed by atoms with E-state index in [1.165, 1.54) is 80.8 Å². The molecule has 5 aromatic carbocycles. The van der Waals surface area contributed by atoms with Gasteiger partial charge >= 0.3 is 0 Å². The fraction of sp³-hybridized carbons (Fsp3) is 0.154. The van der Waals surface area contributed by atoms with Crippen LogP contribution in [-0.4, -0.2) is 4.57 Å². The molecule has 3 heterocycles. The highest BCUT2D eigenvalue weighted by Gasteiger charge is 2.26. The van der Waals surface area contributed by atoms with Crippen molar-refractivity contribution in [2.24, 2.45) is 7.05 Å². The first-order valence-corrected chi connectivity index (χ1v) is 15.5. The largest absolute Gasteiger partial charge is 0.309 e. The van der Waals surface area contributed by atoms with E-state index in [0.29, 0.717) is 0 Å². The number of hydrogen-bond acceptors (Lipinski definition) is 1. The van der Waals surface area contributed by atoms with Gasteiger partial charge in [0.2, 0.25) is 5.69 Å². The zero-order valence-corrected chi connectivity index (χ0v) is 25.5.